The average Bonchev–Trinajstić information content (AvgIpc) is 2.50. The molecule has 1 heterocycles. The van der Waals surface area contributed by atoms with Gasteiger partial charge in [-0.15, -0.1) is 0 Å². The smallest absolute Gasteiger partial charge is 0.279 e. The van der Waals surface area contributed by atoms with Crippen molar-refractivity contribution in [3.05, 3.63) is 29.8 Å². The fourth-order valence-electron chi connectivity index (χ4n) is 4.14. The number of aryl methyl sites for hydroxylation is 1. The van der Waals surface area contributed by atoms with E-state index in [-0.39, 0.29) is 5.91 Å². The topological polar surface area (TPSA) is 33.5 Å². The highest BCUT2D eigenvalue weighted by molar-refractivity contribution is 5.91. The third kappa shape index (κ3) is 3.65. The predicted molar refractivity (Wildman–Crippen MR) is 85.5 cm³/mol. The van der Waals surface area contributed by atoms with Gasteiger partial charge in [0.1, 0.15) is 0 Å². The number of carbonyl (C=O) groups excluding carboxylic acids is 1. The van der Waals surface area contributed by atoms with E-state index in [4.69, 9.17) is 0 Å². The van der Waals surface area contributed by atoms with Gasteiger partial charge in [0.25, 0.3) is 5.91 Å². The second kappa shape index (κ2) is 6.61. The summed E-state index contributed by atoms with van der Waals surface area (Å²) < 4.78 is 0. The third-order valence-electron chi connectivity index (χ3n) is 5.23. The van der Waals surface area contributed by atoms with E-state index >= 15 is 0 Å². The number of hydrogen-bond acceptors (Lipinski definition) is 1. The Kier molecular flexibility index (Phi) is 4.59. The van der Waals surface area contributed by atoms with E-state index in [9.17, 15) is 4.79 Å². The first-order valence-corrected chi connectivity index (χ1v) is 8.43. The van der Waals surface area contributed by atoms with Gasteiger partial charge in [0.05, 0.1) is 12.6 Å². The molecule has 1 aromatic rings. The molecule has 0 aromatic heterocycles. The van der Waals surface area contributed by atoms with Gasteiger partial charge in [0.15, 0.2) is 6.54 Å². The van der Waals surface area contributed by atoms with Crippen LogP contribution in [0.15, 0.2) is 24.3 Å². The van der Waals surface area contributed by atoms with Gasteiger partial charge in [-0.25, -0.2) is 0 Å². The molecule has 3 rings (SSSR count). The quantitative estimate of drug-likeness (QED) is 0.878. The molecule has 1 aliphatic carbocycles. The summed E-state index contributed by atoms with van der Waals surface area (Å²) in [7, 11) is 0. The molecule has 0 bridgehead atoms. The summed E-state index contributed by atoms with van der Waals surface area (Å²) in [5, 5.41) is 3.05. The largest absolute Gasteiger partial charge is 0.324 e. The first-order chi connectivity index (χ1) is 10.2. The monoisotopic (exact) mass is 287 g/mol. The number of amides is 1. The van der Waals surface area contributed by atoms with Gasteiger partial charge in [0.2, 0.25) is 0 Å². The lowest BCUT2D eigenvalue weighted by Crippen LogP contribution is -3.18. The van der Waals surface area contributed by atoms with Crippen LogP contribution in [0.25, 0.3) is 0 Å². The van der Waals surface area contributed by atoms with E-state index < -0.39 is 0 Å². The molecule has 1 saturated heterocycles. The Morgan fingerprint density at radius 2 is 1.86 bits per heavy atom. The van der Waals surface area contributed by atoms with Crippen molar-refractivity contribution in [1.82, 2.24) is 0 Å². The highest BCUT2D eigenvalue weighted by Crippen LogP contribution is 2.28. The standard InChI is InChI=1S/C18H26N2O/c1-14-8-10-16(11-9-14)19-18(21)13-20-12-4-6-15-5-2-3-7-17(15)20/h8-11,15,17H,2-7,12-13H2,1H3,(H,19,21)/p+1/t15-,17-/m0/s1. The second-order valence-corrected chi connectivity index (χ2v) is 6.79. The predicted octanol–water partition coefficient (Wildman–Crippen LogP) is 2.17. The second-order valence-electron chi connectivity index (χ2n) is 6.79. The van der Waals surface area contributed by atoms with Crippen LogP contribution in [0.2, 0.25) is 0 Å². The zero-order valence-electron chi connectivity index (χ0n) is 13.0. The number of quaternary nitrogens is 1. The van der Waals surface area contributed by atoms with Crippen molar-refractivity contribution in [2.45, 2.75) is 51.5 Å². The van der Waals surface area contributed by atoms with Crippen molar-refractivity contribution >= 4 is 11.6 Å². The number of carbonyl (C=O) groups is 1. The zero-order chi connectivity index (χ0) is 14.7. The molecule has 2 N–H and O–H groups in total. The number of fused-ring (bicyclic) bond motifs is 1. The van der Waals surface area contributed by atoms with Gasteiger partial charge in [0, 0.05) is 11.6 Å². The maximum absolute atomic E-state index is 12.3. The van der Waals surface area contributed by atoms with Crippen LogP contribution in [0.5, 0.6) is 0 Å². The molecule has 3 atom stereocenters. The Balaban J connectivity index is 1.57. The lowest BCUT2D eigenvalue weighted by atomic mass is 9.78. The molecular formula is C18H27N2O+. The summed E-state index contributed by atoms with van der Waals surface area (Å²) in [6.07, 6.45) is 8.11. The summed E-state index contributed by atoms with van der Waals surface area (Å²) >= 11 is 0. The molecule has 21 heavy (non-hydrogen) atoms. The number of anilines is 1. The molecule has 1 amide bonds. The third-order valence-corrected chi connectivity index (χ3v) is 5.23. The molecule has 3 heteroatoms. The molecule has 1 aliphatic heterocycles. The number of hydrogen-bond donors (Lipinski definition) is 2. The fourth-order valence-corrected chi connectivity index (χ4v) is 4.14. The summed E-state index contributed by atoms with van der Waals surface area (Å²) in [6, 6.07) is 8.79. The first kappa shape index (κ1) is 14.6. The van der Waals surface area contributed by atoms with Gasteiger partial charge in [-0.1, -0.05) is 24.1 Å². The average molecular weight is 287 g/mol. The van der Waals surface area contributed by atoms with Crippen LogP contribution in [-0.2, 0) is 4.79 Å². The van der Waals surface area contributed by atoms with Crippen molar-refractivity contribution in [3.8, 4) is 0 Å². The van der Waals surface area contributed by atoms with Gasteiger partial charge < -0.3 is 10.2 Å². The van der Waals surface area contributed by atoms with E-state index in [1.165, 1.54) is 55.5 Å². The van der Waals surface area contributed by atoms with Crippen LogP contribution in [0.4, 0.5) is 5.69 Å². The van der Waals surface area contributed by atoms with Crippen LogP contribution < -0.4 is 10.2 Å². The molecule has 1 aromatic carbocycles. The minimum Gasteiger partial charge on any atom is -0.324 e. The highest BCUT2D eigenvalue weighted by Gasteiger charge is 2.37. The molecule has 3 nitrogen and oxygen atoms in total. The fraction of sp³-hybridized carbons (Fsp3) is 0.611. The maximum atomic E-state index is 12.3. The van der Waals surface area contributed by atoms with Crippen LogP contribution in [0, 0.1) is 12.8 Å². The number of rotatable bonds is 3. The van der Waals surface area contributed by atoms with E-state index in [1.54, 1.807) is 0 Å². The van der Waals surface area contributed by atoms with Gasteiger partial charge >= 0.3 is 0 Å². The molecular weight excluding hydrogens is 260 g/mol. The van der Waals surface area contributed by atoms with Gasteiger partial charge in [-0.2, -0.15) is 0 Å². The van der Waals surface area contributed by atoms with E-state index in [0.717, 1.165) is 17.6 Å². The maximum Gasteiger partial charge on any atom is 0.279 e. The van der Waals surface area contributed by atoms with Gasteiger partial charge in [-0.05, 0) is 51.2 Å². The van der Waals surface area contributed by atoms with Crippen molar-refractivity contribution in [2.75, 3.05) is 18.4 Å². The Labute approximate surface area is 127 Å². The molecule has 2 fully saturated rings. The Bertz CT molecular complexity index is 480. The van der Waals surface area contributed by atoms with E-state index in [0.29, 0.717) is 6.54 Å². The molecule has 1 saturated carbocycles. The number of nitrogens with one attached hydrogen (secondary N) is 2. The van der Waals surface area contributed by atoms with Crippen molar-refractivity contribution in [2.24, 2.45) is 5.92 Å². The Morgan fingerprint density at radius 3 is 2.67 bits per heavy atom. The zero-order valence-corrected chi connectivity index (χ0v) is 13.0. The first-order valence-electron chi connectivity index (χ1n) is 8.43. The summed E-state index contributed by atoms with van der Waals surface area (Å²) in [6.45, 7) is 3.87. The summed E-state index contributed by atoms with van der Waals surface area (Å²) in [5.41, 5.74) is 2.14. The molecule has 114 valence electrons. The Hall–Kier alpha value is -1.35. The van der Waals surface area contributed by atoms with Gasteiger partial charge in [-0.3, -0.25) is 4.79 Å². The highest BCUT2D eigenvalue weighted by atomic mass is 16.2. The molecule has 1 unspecified atom stereocenters. The normalized spacial score (nSPS) is 28.7. The summed E-state index contributed by atoms with van der Waals surface area (Å²) in [5.74, 6) is 1.04. The minimum atomic E-state index is 0.167. The molecule has 0 radical (unpaired) electrons. The lowest BCUT2D eigenvalue weighted by molar-refractivity contribution is -0.928. The SMILES string of the molecule is Cc1ccc(NC(=O)C[NH+]2CCC[C@@H]3CCCC[C@@H]32)cc1. The summed E-state index contributed by atoms with van der Waals surface area (Å²) in [4.78, 5) is 13.8. The van der Waals surface area contributed by atoms with E-state index in [1.807, 2.05) is 24.3 Å². The van der Waals surface area contributed by atoms with Crippen LogP contribution in [-0.4, -0.2) is 25.0 Å². The van der Waals surface area contributed by atoms with Crippen molar-refractivity contribution in [1.29, 1.82) is 0 Å². The lowest BCUT2D eigenvalue weighted by Gasteiger charge is -2.40. The van der Waals surface area contributed by atoms with Crippen LogP contribution in [0.3, 0.4) is 0 Å². The number of likely N-dealkylation sites (tertiary alicyclic amines) is 1. The number of piperidine rings is 1. The van der Waals surface area contributed by atoms with E-state index in [2.05, 4.69) is 12.2 Å². The van der Waals surface area contributed by atoms with Crippen molar-refractivity contribution < 1.29 is 9.69 Å². The number of benzene rings is 1. The van der Waals surface area contributed by atoms with Crippen LogP contribution in [0.1, 0.15) is 44.1 Å². The molecule has 0 spiro atoms. The van der Waals surface area contributed by atoms with Crippen molar-refractivity contribution in [3.63, 3.8) is 0 Å². The van der Waals surface area contributed by atoms with Crippen LogP contribution >= 0.6 is 0 Å². The Morgan fingerprint density at radius 1 is 1.14 bits per heavy atom. The molecule has 2 aliphatic rings. The minimum absolute atomic E-state index is 0.167.